The summed E-state index contributed by atoms with van der Waals surface area (Å²) in [5.41, 5.74) is 0.186. The highest BCUT2D eigenvalue weighted by atomic mass is 35.7. The fraction of sp³-hybridized carbons (Fsp3) is 0.500. The predicted octanol–water partition coefficient (Wildman–Crippen LogP) is 2.54. The second kappa shape index (κ2) is 6.23. The van der Waals surface area contributed by atoms with Gasteiger partial charge in [-0.15, -0.1) is 0 Å². The molecule has 1 saturated carbocycles. The van der Waals surface area contributed by atoms with Gasteiger partial charge in [0, 0.05) is 16.7 Å². The fourth-order valence-corrected chi connectivity index (χ4v) is 2.90. The molecule has 0 bridgehead atoms. The Morgan fingerprint density at radius 3 is 2.67 bits per heavy atom. The van der Waals surface area contributed by atoms with E-state index in [1.54, 1.807) is 6.92 Å². The highest BCUT2D eigenvalue weighted by molar-refractivity contribution is 8.13. The number of halogens is 1. The molecule has 0 saturated heterocycles. The summed E-state index contributed by atoms with van der Waals surface area (Å²) in [7, 11) is 1.44. The van der Waals surface area contributed by atoms with Crippen molar-refractivity contribution in [2.75, 3.05) is 6.61 Å². The molecule has 0 aliphatic heterocycles. The first-order valence-corrected chi connectivity index (χ1v) is 9.16. The first-order valence-electron chi connectivity index (χ1n) is 6.85. The Bertz CT molecular complexity index is 640. The number of amides is 1. The van der Waals surface area contributed by atoms with Gasteiger partial charge in [-0.05, 0) is 50.8 Å². The summed E-state index contributed by atoms with van der Waals surface area (Å²) in [6.07, 6.45) is 2.21. The number of benzene rings is 1. The van der Waals surface area contributed by atoms with E-state index < -0.39 is 9.05 Å². The van der Waals surface area contributed by atoms with Gasteiger partial charge < -0.3 is 10.1 Å². The SMILES string of the molecule is CCOc1ccc(S(=O)(=O)Cl)cc1C(=O)NC(C)C1CC1. The average Bonchev–Trinajstić information content (AvgIpc) is 3.22. The van der Waals surface area contributed by atoms with E-state index in [4.69, 9.17) is 15.4 Å². The van der Waals surface area contributed by atoms with Crippen molar-refractivity contribution in [3.05, 3.63) is 23.8 Å². The van der Waals surface area contributed by atoms with Crippen LogP contribution in [0.3, 0.4) is 0 Å². The lowest BCUT2D eigenvalue weighted by Gasteiger charge is -2.15. The van der Waals surface area contributed by atoms with E-state index >= 15 is 0 Å². The quantitative estimate of drug-likeness (QED) is 0.813. The second-order valence-corrected chi connectivity index (χ2v) is 7.69. The molecule has 116 valence electrons. The molecular formula is C14H18ClNO4S. The Labute approximate surface area is 129 Å². The number of carbonyl (C=O) groups excluding carboxylic acids is 1. The van der Waals surface area contributed by atoms with E-state index in [1.165, 1.54) is 18.2 Å². The van der Waals surface area contributed by atoms with E-state index in [9.17, 15) is 13.2 Å². The second-order valence-electron chi connectivity index (χ2n) is 5.13. The highest BCUT2D eigenvalue weighted by Gasteiger charge is 2.30. The van der Waals surface area contributed by atoms with Gasteiger partial charge in [0.1, 0.15) is 5.75 Å². The van der Waals surface area contributed by atoms with Gasteiger partial charge in [0.15, 0.2) is 0 Å². The lowest BCUT2D eigenvalue weighted by atomic mass is 10.1. The van der Waals surface area contributed by atoms with Gasteiger partial charge in [-0.3, -0.25) is 4.79 Å². The monoisotopic (exact) mass is 331 g/mol. The molecule has 1 fully saturated rings. The third kappa shape index (κ3) is 4.11. The number of hydrogen-bond acceptors (Lipinski definition) is 4. The first kappa shape index (κ1) is 16.1. The summed E-state index contributed by atoms with van der Waals surface area (Å²) in [5, 5.41) is 2.88. The number of hydrogen-bond donors (Lipinski definition) is 1. The first-order chi connectivity index (χ1) is 9.82. The fourth-order valence-electron chi connectivity index (χ4n) is 2.12. The number of rotatable bonds is 6. The largest absolute Gasteiger partial charge is 0.493 e. The summed E-state index contributed by atoms with van der Waals surface area (Å²) in [4.78, 5) is 12.2. The summed E-state index contributed by atoms with van der Waals surface area (Å²) in [6.45, 7) is 4.12. The molecule has 2 rings (SSSR count). The smallest absolute Gasteiger partial charge is 0.261 e. The number of nitrogens with one attached hydrogen (secondary N) is 1. The lowest BCUT2D eigenvalue weighted by molar-refractivity contribution is 0.0932. The third-order valence-corrected chi connectivity index (χ3v) is 4.82. The van der Waals surface area contributed by atoms with Crippen LogP contribution in [0.5, 0.6) is 5.75 Å². The minimum atomic E-state index is -3.89. The van der Waals surface area contributed by atoms with Gasteiger partial charge in [0.05, 0.1) is 17.1 Å². The molecular weight excluding hydrogens is 314 g/mol. The minimum absolute atomic E-state index is 0.0586. The summed E-state index contributed by atoms with van der Waals surface area (Å²) < 4.78 is 28.2. The Morgan fingerprint density at radius 1 is 1.48 bits per heavy atom. The molecule has 5 nitrogen and oxygen atoms in total. The van der Waals surface area contributed by atoms with E-state index in [2.05, 4.69) is 5.32 Å². The van der Waals surface area contributed by atoms with E-state index in [-0.39, 0.29) is 22.4 Å². The van der Waals surface area contributed by atoms with Crippen molar-refractivity contribution in [2.24, 2.45) is 5.92 Å². The van der Waals surface area contributed by atoms with E-state index in [1.807, 2.05) is 6.92 Å². The number of carbonyl (C=O) groups is 1. The molecule has 21 heavy (non-hydrogen) atoms. The van der Waals surface area contributed by atoms with Crippen molar-refractivity contribution in [2.45, 2.75) is 37.6 Å². The molecule has 1 aromatic rings. The van der Waals surface area contributed by atoms with Gasteiger partial charge >= 0.3 is 0 Å². The van der Waals surface area contributed by atoms with Crippen LogP contribution in [0.2, 0.25) is 0 Å². The van der Waals surface area contributed by atoms with Gasteiger partial charge in [-0.1, -0.05) is 0 Å². The van der Waals surface area contributed by atoms with E-state index in [0.717, 1.165) is 12.8 Å². The lowest BCUT2D eigenvalue weighted by Crippen LogP contribution is -2.34. The van der Waals surface area contributed by atoms with Crippen molar-refractivity contribution in [1.29, 1.82) is 0 Å². The molecule has 1 aromatic carbocycles. The van der Waals surface area contributed by atoms with E-state index in [0.29, 0.717) is 18.3 Å². The molecule has 1 N–H and O–H groups in total. The molecule has 1 unspecified atom stereocenters. The zero-order valence-electron chi connectivity index (χ0n) is 11.9. The van der Waals surface area contributed by atoms with Gasteiger partial charge in [-0.2, -0.15) is 0 Å². The molecule has 1 aliphatic rings. The van der Waals surface area contributed by atoms with Gasteiger partial charge in [0.2, 0.25) is 0 Å². The molecule has 0 radical (unpaired) electrons. The Balaban J connectivity index is 2.30. The van der Waals surface area contributed by atoms with Crippen molar-refractivity contribution in [3.63, 3.8) is 0 Å². The van der Waals surface area contributed by atoms with Gasteiger partial charge in [0.25, 0.3) is 15.0 Å². The van der Waals surface area contributed by atoms with Crippen molar-refractivity contribution in [3.8, 4) is 5.75 Å². The minimum Gasteiger partial charge on any atom is -0.493 e. The molecule has 1 aliphatic carbocycles. The van der Waals surface area contributed by atoms with Crippen LogP contribution in [0.15, 0.2) is 23.1 Å². The van der Waals surface area contributed by atoms with Crippen molar-refractivity contribution >= 4 is 25.6 Å². The molecule has 1 amide bonds. The van der Waals surface area contributed by atoms with Crippen LogP contribution in [0.25, 0.3) is 0 Å². The molecule has 0 aromatic heterocycles. The Morgan fingerprint density at radius 2 is 2.14 bits per heavy atom. The van der Waals surface area contributed by atoms with Crippen LogP contribution in [-0.2, 0) is 9.05 Å². The maximum Gasteiger partial charge on any atom is 0.261 e. The summed E-state index contributed by atoms with van der Waals surface area (Å²) in [6, 6.07) is 4.09. The maximum atomic E-state index is 12.3. The highest BCUT2D eigenvalue weighted by Crippen LogP contribution is 2.33. The average molecular weight is 332 g/mol. The van der Waals surface area contributed by atoms with Crippen LogP contribution in [-0.4, -0.2) is 27.0 Å². The maximum absolute atomic E-state index is 12.3. The van der Waals surface area contributed by atoms with Crippen LogP contribution in [0, 0.1) is 5.92 Å². The Hall–Kier alpha value is -1.27. The van der Waals surface area contributed by atoms with Crippen LogP contribution < -0.4 is 10.1 Å². The van der Waals surface area contributed by atoms with Crippen LogP contribution in [0.4, 0.5) is 0 Å². The van der Waals surface area contributed by atoms with Gasteiger partial charge in [-0.25, -0.2) is 8.42 Å². The molecule has 7 heteroatoms. The van der Waals surface area contributed by atoms with Crippen molar-refractivity contribution < 1.29 is 17.9 Å². The molecule has 0 heterocycles. The van der Waals surface area contributed by atoms with Crippen LogP contribution in [0.1, 0.15) is 37.0 Å². The molecule has 0 spiro atoms. The number of ether oxygens (including phenoxy) is 1. The zero-order valence-corrected chi connectivity index (χ0v) is 13.5. The predicted molar refractivity (Wildman–Crippen MR) is 80.3 cm³/mol. The topological polar surface area (TPSA) is 72.5 Å². The standard InChI is InChI=1S/C14H18ClNO4S/c1-3-20-13-7-6-11(21(15,18)19)8-12(13)14(17)16-9(2)10-4-5-10/h6-10H,3-5H2,1-2H3,(H,16,17). The molecule has 1 atom stereocenters. The van der Waals surface area contributed by atoms with Crippen LogP contribution >= 0.6 is 10.7 Å². The normalized spacial score (nSPS) is 16.3. The summed E-state index contributed by atoms with van der Waals surface area (Å²) in [5.74, 6) is 0.506. The Kier molecular flexibility index (Phi) is 4.78. The van der Waals surface area contributed by atoms with Crippen molar-refractivity contribution in [1.82, 2.24) is 5.32 Å². The third-order valence-electron chi connectivity index (χ3n) is 3.46. The zero-order chi connectivity index (χ0) is 15.6. The summed E-state index contributed by atoms with van der Waals surface area (Å²) >= 11 is 0.